The fourth-order valence-electron chi connectivity index (χ4n) is 1.43. The van der Waals surface area contributed by atoms with Crippen molar-refractivity contribution in [3.05, 3.63) is 24.3 Å². The fourth-order valence-corrected chi connectivity index (χ4v) is 1.43. The first-order valence-electron chi connectivity index (χ1n) is 5.08. The lowest BCUT2D eigenvalue weighted by Crippen LogP contribution is -2.64. The molecule has 22 heavy (non-hydrogen) atoms. The first-order valence-corrected chi connectivity index (χ1v) is 5.08. The lowest BCUT2D eigenvalue weighted by molar-refractivity contribution is -0.377. The number of halogens is 10. The van der Waals surface area contributed by atoms with Gasteiger partial charge in [-0.25, -0.2) is 4.79 Å². The first kappa shape index (κ1) is 18.3. The summed E-state index contributed by atoms with van der Waals surface area (Å²) >= 11 is 0. The highest BCUT2D eigenvalue weighted by molar-refractivity contribution is 5.77. The number of allylic oxidation sites excluding steroid dienone is 2. The van der Waals surface area contributed by atoms with E-state index in [4.69, 9.17) is 0 Å². The molecule has 1 aliphatic rings. The average Bonchev–Trinajstić information content (AvgIpc) is 2.76. The molecule has 0 fully saturated rings. The standard InChI is InChI=1S/C10H4F10O2/c11-7(12,13)5(21)22-6(3-1-2-4-6)8(14,15)9(16,17)10(18,19)20/h1-4H. The van der Waals surface area contributed by atoms with Gasteiger partial charge in [0.25, 0.3) is 0 Å². The summed E-state index contributed by atoms with van der Waals surface area (Å²) in [4.78, 5) is 10.6. The second kappa shape index (κ2) is 4.88. The van der Waals surface area contributed by atoms with Crippen LogP contribution >= 0.6 is 0 Å². The van der Waals surface area contributed by atoms with Crippen molar-refractivity contribution in [3.63, 3.8) is 0 Å². The van der Waals surface area contributed by atoms with Crippen LogP contribution in [0.3, 0.4) is 0 Å². The smallest absolute Gasteiger partial charge is 0.437 e. The van der Waals surface area contributed by atoms with Crippen LogP contribution in [0.25, 0.3) is 0 Å². The van der Waals surface area contributed by atoms with E-state index in [2.05, 4.69) is 4.74 Å². The predicted octanol–water partition coefficient (Wildman–Crippen LogP) is 3.79. The number of hydrogen-bond acceptors (Lipinski definition) is 2. The molecule has 2 nitrogen and oxygen atoms in total. The maximum Gasteiger partial charge on any atom is 0.490 e. The summed E-state index contributed by atoms with van der Waals surface area (Å²) in [6, 6.07) is 0. The number of esters is 1. The van der Waals surface area contributed by atoms with E-state index in [1.54, 1.807) is 0 Å². The Labute approximate surface area is 115 Å². The van der Waals surface area contributed by atoms with Crippen LogP contribution in [0.1, 0.15) is 0 Å². The van der Waals surface area contributed by atoms with Gasteiger partial charge < -0.3 is 4.74 Å². The van der Waals surface area contributed by atoms with Gasteiger partial charge >= 0.3 is 30.2 Å². The molecule has 0 amide bonds. The van der Waals surface area contributed by atoms with Gasteiger partial charge in [0.05, 0.1) is 0 Å². The molecular weight excluding hydrogens is 342 g/mol. The molecule has 0 N–H and O–H groups in total. The van der Waals surface area contributed by atoms with Crippen molar-refractivity contribution < 1.29 is 53.4 Å². The van der Waals surface area contributed by atoms with E-state index in [0.717, 1.165) is 0 Å². The molecule has 0 atom stereocenters. The van der Waals surface area contributed by atoms with Crippen molar-refractivity contribution in [2.45, 2.75) is 29.8 Å². The zero-order chi connectivity index (χ0) is 17.6. The van der Waals surface area contributed by atoms with Gasteiger partial charge in [0.15, 0.2) is 0 Å². The molecule has 0 saturated heterocycles. The van der Waals surface area contributed by atoms with E-state index >= 15 is 0 Å². The zero-order valence-electron chi connectivity index (χ0n) is 9.91. The third-order valence-electron chi connectivity index (χ3n) is 2.53. The van der Waals surface area contributed by atoms with Crippen molar-refractivity contribution in [2.75, 3.05) is 0 Å². The Morgan fingerprint density at radius 2 is 1.23 bits per heavy atom. The molecule has 0 spiro atoms. The van der Waals surface area contributed by atoms with Crippen LogP contribution < -0.4 is 0 Å². The molecule has 0 aliphatic heterocycles. The number of carbonyl (C=O) groups excluding carboxylic acids is 1. The Bertz CT molecular complexity index is 499. The highest BCUT2D eigenvalue weighted by Gasteiger charge is 2.80. The summed E-state index contributed by atoms with van der Waals surface area (Å²) in [5.74, 6) is -16.3. The van der Waals surface area contributed by atoms with Gasteiger partial charge in [0.1, 0.15) is 0 Å². The lowest BCUT2D eigenvalue weighted by atomic mass is 9.91. The highest BCUT2D eigenvalue weighted by Crippen LogP contribution is 2.54. The van der Waals surface area contributed by atoms with Crippen molar-refractivity contribution >= 4 is 5.97 Å². The number of rotatable bonds is 3. The van der Waals surface area contributed by atoms with E-state index in [9.17, 15) is 48.7 Å². The van der Waals surface area contributed by atoms with E-state index < -0.39 is 35.8 Å². The summed E-state index contributed by atoms with van der Waals surface area (Å²) in [5, 5.41) is 0. The molecule has 0 saturated carbocycles. The summed E-state index contributed by atoms with van der Waals surface area (Å²) in [5.41, 5.74) is -4.22. The third-order valence-corrected chi connectivity index (χ3v) is 2.53. The van der Waals surface area contributed by atoms with E-state index in [-0.39, 0.29) is 12.2 Å². The fraction of sp³-hybridized carbons (Fsp3) is 0.500. The van der Waals surface area contributed by atoms with Crippen molar-refractivity contribution in [1.82, 2.24) is 0 Å². The minimum atomic E-state index is -6.79. The molecule has 1 rings (SSSR count). The first-order chi connectivity index (χ1) is 9.58. The van der Waals surface area contributed by atoms with Gasteiger partial charge in [0.2, 0.25) is 5.60 Å². The second-order valence-electron chi connectivity index (χ2n) is 4.05. The Hall–Kier alpha value is -1.75. The molecule has 1 aliphatic carbocycles. The Morgan fingerprint density at radius 3 is 1.55 bits per heavy atom. The summed E-state index contributed by atoms with van der Waals surface area (Å²) < 4.78 is 129. The van der Waals surface area contributed by atoms with Crippen molar-refractivity contribution in [2.24, 2.45) is 0 Å². The highest BCUT2D eigenvalue weighted by atomic mass is 19.4. The molecule has 0 aromatic carbocycles. The Kier molecular flexibility index (Phi) is 4.06. The number of carbonyl (C=O) groups is 1. The maximum atomic E-state index is 13.6. The number of alkyl halides is 10. The minimum Gasteiger partial charge on any atom is -0.437 e. The van der Waals surface area contributed by atoms with Crippen LogP contribution in [-0.4, -0.2) is 35.8 Å². The number of ether oxygens (including phenoxy) is 1. The zero-order valence-corrected chi connectivity index (χ0v) is 9.91. The molecule has 12 heteroatoms. The Morgan fingerprint density at radius 1 is 0.818 bits per heavy atom. The van der Waals surface area contributed by atoms with Gasteiger partial charge in [-0.1, -0.05) is 12.2 Å². The molecule has 0 aromatic heterocycles. The summed E-state index contributed by atoms with van der Waals surface area (Å²) in [7, 11) is 0. The minimum absolute atomic E-state index is 0.198. The quantitative estimate of drug-likeness (QED) is 0.574. The molecule has 0 radical (unpaired) electrons. The van der Waals surface area contributed by atoms with Gasteiger partial charge in [-0.15, -0.1) is 0 Å². The van der Waals surface area contributed by atoms with E-state index in [0.29, 0.717) is 12.2 Å². The van der Waals surface area contributed by atoms with Crippen LogP contribution in [0.15, 0.2) is 24.3 Å². The summed E-state index contributed by atoms with van der Waals surface area (Å²) in [6.45, 7) is 0. The van der Waals surface area contributed by atoms with Gasteiger partial charge in [0, 0.05) is 0 Å². The van der Waals surface area contributed by atoms with E-state index in [1.165, 1.54) is 0 Å². The molecular formula is C10H4F10O2. The molecule has 126 valence electrons. The number of hydrogen-bond donors (Lipinski definition) is 0. The molecule has 0 heterocycles. The van der Waals surface area contributed by atoms with Crippen LogP contribution in [0.4, 0.5) is 43.9 Å². The van der Waals surface area contributed by atoms with Crippen LogP contribution in [-0.2, 0) is 9.53 Å². The normalized spacial score (nSPS) is 18.6. The second-order valence-corrected chi connectivity index (χ2v) is 4.05. The third kappa shape index (κ3) is 2.65. The largest absolute Gasteiger partial charge is 0.490 e. The SMILES string of the molecule is O=C(OC1(C(F)(F)C(F)(F)C(F)(F)F)C=CC=C1)C(F)(F)F. The monoisotopic (exact) mass is 346 g/mol. The van der Waals surface area contributed by atoms with Crippen LogP contribution in [0, 0.1) is 0 Å². The van der Waals surface area contributed by atoms with Crippen LogP contribution in [0.5, 0.6) is 0 Å². The molecule has 0 bridgehead atoms. The Balaban J connectivity index is 3.35. The van der Waals surface area contributed by atoms with Crippen molar-refractivity contribution in [1.29, 1.82) is 0 Å². The van der Waals surface area contributed by atoms with Gasteiger partial charge in [-0.3, -0.25) is 0 Å². The lowest BCUT2D eigenvalue weighted by Gasteiger charge is -2.38. The maximum absolute atomic E-state index is 13.6. The van der Waals surface area contributed by atoms with Crippen LogP contribution in [0.2, 0.25) is 0 Å². The average molecular weight is 346 g/mol. The van der Waals surface area contributed by atoms with E-state index in [1.807, 2.05) is 0 Å². The van der Waals surface area contributed by atoms with Crippen molar-refractivity contribution in [3.8, 4) is 0 Å². The van der Waals surface area contributed by atoms with Gasteiger partial charge in [-0.05, 0) is 12.2 Å². The summed E-state index contributed by atoms with van der Waals surface area (Å²) in [6.07, 6.45) is -12.2. The predicted molar refractivity (Wildman–Crippen MR) is 49.1 cm³/mol. The topological polar surface area (TPSA) is 26.3 Å². The molecule has 0 unspecified atom stereocenters. The van der Waals surface area contributed by atoms with Gasteiger partial charge in [-0.2, -0.15) is 43.9 Å². The molecule has 0 aromatic rings.